The smallest absolute Gasteiger partial charge is 0.214 e. The molecule has 1 atom stereocenters. The first-order valence-corrected chi connectivity index (χ1v) is 7.56. The maximum absolute atomic E-state index is 11.9. The van der Waals surface area contributed by atoms with E-state index in [1.54, 1.807) is 4.31 Å². The Hall–Kier alpha value is -0.130. The van der Waals surface area contributed by atoms with Crippen LogP contribution < -0.4 is 5.73 Å². The molecule has 0 spiro atoms. The predicted molar refractivity (Wildman–Crippen MR) is 66.6 cm³/mol. The van der Waals surface area contributed by atoms with Gasteiger partial charge in [0, 0.05) is 13.1 Å². The van der Waals surface area contributed by atoms with Crippen LogP contribution in [0.2, 0.25) is 0 Å². The Morgan fingerprint density at radius 3 is 2.44 bits per heavy atom. The quantitative estimate of drug-likeness (QED) is 0.808. The summed E-state index contributed by atoms with van der Waals surface area (Å²) in [5.74, 6) is 0.667. The van der Waals surface area contributed by atoms with Crippen LogP contribution >= 0.6 is 0 Å². The Morgan fingerprint density at radius 2 is 2.00 bits per heavy atom. The van der Waals surface area contributed by atoms with Gasteiger partial charge in [-0.15, -0.1) is 0 Å². The molecule has 4 nitrogen and oxygen atoms in total. The minimum Gasteiger partial charge on any atom is -0.330 e. The number of sulfonamides is 1. The van der Waals surface area contributed by atoms with Crippen LogP contribution in [0.3, 0.4) is 0 Å². The summed E-state index contributed by atoms with van der Waals surface area (Å²) >= 11 is 0. The average Bonchev–Trinajstić information content (AvgIpc) is 2.63. The summed E-state index contributed by atoms with van der Waals surface area (Å²) in [6, 6.07) is 0. The number of hydrogen-bond acceptors (Lipinski definition) is 3. The van der Waals surface area contributed by atoms with Crippen molar-refractivity contribution in [2.45, 2.75) is 33.6 Å². The molecule has 1 aliphatic heterocycles. The van der Waals surface area contributed by atoms with E-state index >= 15 is 0 Å². The fourth-order valence-corrected chi connectivity index (χ4v) is 3.66. The van der Waals surface area contributed by atoms with Crippen LogP contribution in [0.1, 0.15) is 33.6 Å². The highest BCUT2D eigenvalue weighted by Crippen LogP contribution is 2.34. The van der Waals surface area contributed by atoms with Crippen LogP contribution in [-0.2, 0) is 10.0 Å². The van der Waals surface area contributed by atoms with Gasteiger partial charge in [-0.2, -0.15) is 0 Å². The van der Waals surface area contributed by atoms with E-state index in [4.69, 9.17) is 5.73 Å². The van der Waals surface area contributed by atoms with E-state index < -0.39 is 10.0 Å². The molecule has 2 N–H and O–H groups in total. The maximum atomic E-state index is 11.9. The van der Waals surface area contributed by atoms with Gasteiger partial charge >= 0.3 is 0 Å². The minimum atomic E-state index is -3.06. The monoisotopic (exact) mass is 248 g/mol. The van der Waals surface area contributed by atoms with Crippen molar-refractivity contribution in [3.05, 3.63) is 0 Å². The molecule has 5 heteroatoms. The molecular formula is C11H24N2O2S. The van der Waals surface area contributed by atoms with Crippen molar-refractivity contribution >= 4 is 10.0 Å². The van der Waals surface area contributed by atoms with Gasteiger partial charge in [0.25, 0.3) is 0 Å². The van der Waals surface area contributed by atoms with Crippen LogP contribution in [0.5, 0.6) is 0 Å². The lowest BCUT2D eigenvalue weighted by Crippen LogP contribution is -2.33. The SMILES string of the molecule is CC(C)(C)C1CCN(S(=O)(=O)CCCN)C1. The van der Waals surface area contributed by atoms with E-state index in [2.05, 4.69) is 20.8 Å². The average molecular weight is 248 g/mol. The first-order valence-electron chi connectivity index (χ1n) is 5.95. The topological polar surface area (TPSA) is 63.4 Å². The number of rotatable bonds is 4. The highest BCUT2D eigenvalue weighted by molar-refractivity contribution is 7.89. The minimum absolute atomic E-state index is 0.193. The van der Waals surface area contributed by atoms with Crippen LogP contribution in [0.25, 0.3) is 0 Å². The predicted octanol–water partition coefficient (Wildman–Crippen LogP) is 1.03. The molecule has 16 heavy (non-hydrogen) atoms. The molecule has 1 fully saturated rings. The third kappa shape index (κ3) is 3.43. The Morgan fingerprint density at radius 1 is 1.38 bits per heavy atom. The lowest BCUT2D eigenvalue weighted by atomic mass is 9.80. The van der Waals surface area contributed by atoms with Gasteiger partial charge in [-0.25, -0.2) is 12.7 Å². The second-order valence-corrected chi connectivity index (χ2v) is 7.76. The Balaban J connectivity index is 2.59. The Labute approximate surface area is 99.2 Å². The lowest BCUT2D eigenvalue weighted by molar-refractivity contribution is 0.252. The molecule has 0 saturated carbocycles. The second-order valence-electron chi connectivity index (χ2n) is 5.67. The molecule has 0 aromatic heterocycles. The summed E-state index contributed by atoms with van der Waals surface area (Å²) in [5.41, 5.74) is 5.54. The molecule has 0 aromatic carbocycles. The van der Waals surface area contributed by atoms with Gasteiger partial charge in [-0.1, -0.05) is 20.8 Å². The van der Waals surface area contributed by atoms with Crippen molar-refractivity contribution in [3.8, 4) is 0 Å². The highest BCUT2D eigenvalue weighted by atomic mass is 32.2. The summed E-state index contributed by atoms with van der Waals surface area (Å²) in [6.07, 6.45) is 1.53. The van der Waals surface area contributed by atoms with Gasteiger partial charge < -0.3 is 5.73 Å². The summed E-state index contributed by atoms with van der Waals surface area (Å²) in [7, 11) is -3.06. The zero-order valence-corrected chi connectivity index (χ0v) is 11.4. The highest BCUT2D eigenvalue weighted by Gasteiger charge is 2.36. The molecule has 0 bridgehead atoms. The first-order chi connectivity index (χ1) is 7.27. The fraction of sp³-hybridized carbons (Fsp3) is 1.00. The number of nitrogens with zero attached hydrogens (tertiary/aromatic N) is 1. The Kier molecular flexibility index (Phi) is 4.37. The fourth-order valence-electron chi connectivity index (χ4n) is 2.08. The molecule has 96 valence electrons. The van der Waals surface area contributed by atoms with Gasteiger partial charge in [-0.05, 0) is 30.7 Å². The summed E-state index contributed by atoms with van der Waals surface area (Å²) in [4.78, 5) is 0. The van der Waals surface area contributed by atoms with Gasteiger partial charge in [0.2, 0.25) is 10.0 Å². The van der Waals surface area contributed by atoms with Crippen molar-refractivity contribution in [3.63, 3.8) is 0 Å². The molecule has 1 rings (SSSR count). The van der Waals surface area contributed by atoms with E-state index in [0.29, 0.717) is 32.0 Å². The van der Waals surface area contributed by atoms with E-state index in [1.807, 2.05) is 0 Å². The van der Waals surface area contributed by atoms with Crippen molar-refractivity contribution < 1.29 is 8.42 Å². The van der Waals surface area contributed by atoms with Crippen LogP contribution in [0.4, 0.5) is 0 Å². The van der Waals surface area contributed by atoms with Crippen molar-refractivity contribution in [2.75, 3.05) is 25.4 Å². The zero-order chi connectivity index (χ0) is 12.4. The summed E-state index contributed by atoms with van der Waals surface area (Å²) in [6.45, 7) is 8.32. The number of hydrogen-bond donors (Lipinski definition) is 1. The molecule has 1 heterocycles. The van der Waals surface area contributed by atoms with E-state index in [9.17, 15) is 8.42 Å². The largest absolute Gasteiger partial charge is 0.330 e. The second kappa shape index (κ2) is 5.02. The van der Waals surface area contributed by atoms with Gasteiger partial charge in [-0.3, -0.25) is 0 Å². The third-order valence-corrected chi connectivity index (χ3v) is 5.30. The van der Waals surface area contributed by atoms with Gasteiger partial charge in [0.15, 0.2) is 0 Å². The standard InChI is InChI=1S/C11H24N2O2S/c1-11(2,3)10-5-7-13(9-10)16(14,15)8-4-6-12/h10H,4-9,12H2,1-3H3. The van der Waals surface area contributed by atoms with Crippen LogP contribution in [0, 0.1) is 11.3 Å². The normalized spacial score (nSPS) is 23.9. The molecule has 0 aromatic rings. The lowest BCUT2D eigenvalue weighted by Gasteiger charge is -2.26. The zero-order valence-electron chi connectivity index (χ0n) is 10.6. The third-order valence-electron chi connectivity index (χ3n) is 3.38. The van der Waals surface area contributed by atoms with Crippen molar-refractivity contribution in [2.24, 2.45) is 17.1 Å². The van der Waals surface area contributed by atoms with Gasteiger partial charge in [0.1, 0.15) is 0 Å². The maximum Gasteiger partial charge on any atom is 0.214 e. The van der Waals surface area contributed by atoms with Crippen molar-refractivity contribution in [1.29, 1.82) is 0 Å². The van der Waals surface area contributed by atoms with E-state index in [0.717, 1.165) is 6.42 Å². The molecule has 0 amide bonds. The van der Waals surface area contributed by atoms with Crippen LogP contribution in [0.15, 0.2) is 0 Å². The molecular weight excluding hydrogens is 224 g/mol. The summed E-state index contributed by atoms with van der Waals surface area (Å²) in [5, 5.41) is 0. The Bertz CT molecular complexity index is 319. The first kappa shape index (κ1) is 13.9. The summed E-state index contributed by atoms with van der Waals surface area (Å²) < 4.78 is 25.5. The molecule has 1 unspecified atom stereocenters. The van der Waals surface area contributed by atoms with E-state index in [-0.39, 0.29) is 11.2 Å². The molecule has 0 aliphatic carbocycles. The van der Waals surface area contributed by atoms with Crippen molar-refractivity contribution in [1.82, 2.24) is 4.31 Å². The van der Waals surface area contributed by atoms with Gasteiger partial charge in [0.05, 0.1) is 5.75 Å². The van der Waals surface area contributed by atoms with E-state index in [1.165, 1.54) is 0 Å². The molecule has 0 radical (unpaired) electrons. The number of nitrogens with two attached hydrogens (primary N) is 1. The van der Waals surface area contributed by atoms with Crippen LogP contribution in [-0.4, -0.2) is 38.1 Å². The molecule has 1 aliphatic rings. The molecule has 1 saturated heterocycles.